The van der Waals surface area contributed by atoms with Gasteiger partial charge in [-0.05, 0) is 5.92 Å². The molecule has 48 valence electrons. The number of hydrogen-bond acceptors (Lipinski definition) is 2. The zero-order valence-corrected chi connectivity index (χ0v) is 5.26. The van der Waals surface area contributed by atoms with E-state index in [9.17, 15) is 10.1 Å². The lowest BCUT2D eigenvalue weighted by Crippen LogP contribution is -2.03. The molecule has 0 fully saturated rings. The van der Waals surface area contributed by atoms with Gasteiger partial charge in [0, 0.05) is 11.3 Å². The fraction of sp³-hybridized carbons (Fsp3) is 1.00. The minimum atomic E-state index is -0.278. The van der Waals surface area contributed by atoms with E-state index in [4.69, 9.17) is 0 Å². The first-order chi connectivity index (χ1) is 3.63. The standard InChI is InChI=1S/C5H11NO2/c1-5(2)3-4-6(7)8/h5H,3-4H2,1-2H3. The molecule has 0 unspecified atom stereocenters. The van der Waals surface area contributed by atoms with Crippen molar-refractivity contribution in [1.29, 1.82) is 0 Å². The molecule has 0 amide bonds. The third-order valence-corrected chi connectivity index (χ3v) is 0.889. The van der Waals surface area contributed by atoms with Crippen molar-refractivity contribution in [3.8, 4) is 0 Å². The Morgan fingerprint density at radius 3 is 2.25 bits per heavy atom. The molecule has 0 bridgehead atoms. The van der Waals surface area contributed by atoms with E-state index in [1.807, 2.05) is 13.8 Å². The molecule has 0 heterocycles. The molecular weight excluding hydrogens is 106 g/mol. The van der Waals surface area contributed by atoms with E-state index in [1.54, 1.807) is 0 Å². The molecule has 0 N–H and O–H groups in total. The summed E-state index contributed by atoms with van der Waals surface area (Å²) in [7, 11) is 0. The summed E-state index contributed by atoms with van der Waals surface area (Å²) in [6.45, 7) is 4.06. The van der Waals surface area contributed by atoms with Gasteiger partial charge in [-0.15, -0.1) is 0 Å². The van der Waals surface area contributed by atoms with Crippen LogP contribution in [0.25, 0.3) is 0 Å². The van der Waals surface area contributed by atoms with Gasteiger partial charge in [-0.2, -0.15) is 0 Å². The van der Waals surface area contributed by atoms with Crippen molar-refractivity contribution >= 4 is 0 Å². The maximum absolute atomic E-state index is 9.71. The maximum atomic E-state index is 9.71. The van der Waals surface area contributed by atoms with Crippen LogP contribution in [0.4, 0.5) is 0 Å². The summed E-state index contributed by atoms with van der Waals surface area (Å²) in [5.74, 6) is 0.445. The molecule has 0 aromatic carbocycles. The van der Waals surface area contributed by atoms with Crippen LogP contribution in [0.2, 0.25) is 0 Å². The van der Waals surface area contributed by atoms with Crippen molar-refractivity contribution in [2.24, 2.45) is 5.92 Å². The van der Waals surface area contributed by atoms with Crippen LogP contribution in [-0.4, -0.2) is 11.5 Å². The van der Waals surface area contributed by atoms with Crippen LogP contribution in [0.5, 0.6) is 0 Å². The minimum Gasteiger partial charge on any atom is -0.265 e. The Bertz CT molecular complexity index is 80.5. The fourth-order valence-electron chi connectivity index (χ4n) is 0.364. The number of nitro groups is 1. The molecule has 0 radical (unpaired) electrons. The minimum absolute atomic E-state index is 0.109. The second kappa shape index (κ2) is 3.41. The second-order valence-electron chi connectivity index (χ2n) is 2.24. The van der Waals surface area contributed by atoms with Gasteiger partial charge in [-0.3, -0.25) is 10.1 Å². The van der Waals surface area contributed by atoms with Gasteiger partial charge in [-0.1, -0.05) is 13.8 Å². The average molecular weight is 117 g/mol. The Hall–Kier alpha value is -0.600. The van der Waals surface area contributed by atoms with E-state index in [-0.39, 0.29) is 11.5 Å². The Labute approximate surface area is 48.9 Å². The normalized spacial score (nSPS) is 9.88. The molecule has 0 aliphatic heterocycles. The van der Waals surface area contributed by atoms with Crippen LogP contribution in [0, 0.1) is 16.0 Å². The summed E-state index contributed by atoms with van der Waals surface area (Å²) < 4.78 is 0. The smallest absolute Gasteiger partial charge is 0.204 e. The lowest BCUT2D eigenvalue weighted by Gasteiger charge is -1.95. The van der Waals surface area contributed by atoms with Gasteiger partial charge in [0.15, 0.2) is 0 Å². The predicted molar refractivity (Wildman–Crippen MR) is 31.3 cm³/mol. The van der Waals surface area contributed by atoms with E-state index >= 15 is 0 Å². The van der Waals surface area contributed by atoms with Gasteiger partial charge >= 0.3 is 0 Å². The average Bonchev–Trinajstić information content (AvgIpc) is 1.61. The highest BCUT2D eigenvalue weighted by molar-refractivity contribution is 4.40. The number of rotatable bonds is 3. The first-order valence-electron chi connectivity index (χ1n) is 2.74. The molecular formula is C5H11NO2. The topological polar surface area (TPSA) is 43.1 Å². The van der Waals surface area contributed by atoms with Crippen LogP contribution < -0.4 is 0 Å². The molecule has 0 aromatic heterocycles. The molecule has 0 saturated carbocycles. The molecule has 0 aliphatic rings. The second-order valence-corrected chi connectivity index (χ2v) is 2.24. The highest BCUT2D eigenvalue weighted by Gasteiger charge is 1.98. The summed E-state index contributed by atoms with van der Waals surface area (Å²) in [4.78, 5) is 9.43. The third-order valence-electron chi connectivity index (χ3n) is 0.889. The molecule has 0 spiro atoms. The lowest BCUT2D eigenvalue weighted by atomic mass is 10.1. The molecule has 8 heavy (non-hydrogen) atoms. The van der Waals surface area contributed by atoms with Gasteiger partial charge in [0.25, 0.3) is 0 Å². The quantitative estimate of drug-likeness (QED) is 0.413. The highest BCUT2D eigenvalue weighted by Crippen LogP contribution is 1.97. The van der Waals surface area contributed by atoms with Crippen LogP contribution in [0.3, 0.4) is 0 Å². The number of nitrogens with zero attached hydrogens (tertiary/aromatic N) is 1. The molecule has 0 aromatic rings. The van der Waals surface area contributed by atoms with E-state index in [2.05, 4.69) is 0 Å². The summed E-state index contributed by atoms with van der Waals surface area (Å²) in [6, 6.07) is 0. The Morgan fingerprint density at radius 1 is 1.62 bits per heavy atom. The van der Waals surface area contributed by atoms with Gasteiger partial charge in [0.1, 0.15) is 0 Å². The molecule has 3 nitrogen and oxygen atoms in total. The van der Waals surface area contributed by atoms with E-state index in [1.165, 1.54) is 0 Å². The fourth-order valence-corrected chi connectivity index (χ4v) is 0.364. The molecule has 0 aliphatic carbocycles. The van der Waals surface area contributed by atoms with E-state index in [0.29, 0.717) is 12.3 Å². The molecule has 3 heteroatoms. The molecule has 0 atom stereocenters. The first kappa shape index (κ1) is 7.40. The van der Waals surface area contributed by atoms with E-state index in [0.717, 1.165) is 0 Å². The maximum Gasteiger partial charge on any atom is 0.204 e. The zero-order chi connectivity index (χ0) is 6.57. The Morgan fingerprint density at radius 2 is 2.12 bits per heavy atom. The van der Waals surface area contributed by atoms with Gasteiger partial charge in [0.05, 0.1) is 0 Å². The van der Waals surface area contributed by atoms with Gasteiger partial charge < -0.3 is 0 Å². The lowest BCUT2D eigenvalue weighted by molar-refractivity contribution is -0.481. The summed E-state index contributed by atoms with van der Waals surface area (Å²) >= 11 is 0. The first-order valence-corrected chi connectivity index (χ1v) is 2.74. The van der Waals surface area contributed by atoms with Crippen LogP contribution in [0.15, 0.2) is 0 Å². The van der Waals surface area contributed by atoms with Crippen molar-refractivity contribution in [3.05, 3.63) is 10.1 Å². The monoisotopic (exact) mass is 117 g/mol. The summed E-state index contributed by atoms with van der Waals surface area (Å²) in [5, 5.41) is 9.71. The predicted octanol–water partition coefficient (Wildman–Crippen LogP) is 1.31. The number of hydrogen-bond donors (Lipinski definition) is 0. The third kappa shape index (κ3) is 5.40. The van der Waals surface area contributed by atoms with Crippen molar-refractivity contribution in [1.82, 2.24) is 0 Å². The molecule has 0 saturated heterocycles. The van der Waals surface area contributed by atoms with Crippen LogP contribution >= 0.6 is 0 Å². The highest BCUT2D eigenvalue weighted by atomic mass is 16.6. The van der Waals surface area contributed by atoms with Crippen LogP contribution in [0.1, 0.15) is 20.3 Å². The van der Waals surface area contributed by atoms with Crippen molar-refractivity contribution in [2.75, 3.05) is 6.54 Å². The summed E-state index contributed by atoms with van der Waals surface area (Å²) in [6.07, 6.45) is 0.688. The Kier molecular flexibility index (Phi) is 3.15. The van der Waals surface area contributed by atoms with E-state index < -0.39 is 0 Å². The van der Waals surface area contributed by atoms with Crippen molar-refractivity contribution in [2.45, 2.75) is 20.3 Å². The van der Waals surface area contributed by atoms with Gasteiger partial charge in [-0.25, -0.2) is 0 Å². The van der Waals surface area contributed by atoms with Crippen LogP contribution in [-0.2, 0) is 0 Å². The van der Waals surface area contributed by atoms with Crippen molar-refractivity contribution in [3.63, 3.8) is 0 Å². The van der Waals surface area contributed by atoms with Gasteiger partial charge in [0.2, 0.25) is 6.54 Å². The zero-order valence-electron chi connectivity index (χ0n) is 5.26. The summed E-state index contributed by atoms with van der Waals surface area (Å²) in [5.41, 5.74) is 0. The SMILES string of the molecule is CC(C)CC[N+](=O)[O-]. The van der Waals surface area contributed by atoms with Crippen molar-refractivity contribution < 1.29 is 4.92 Å². The largest absolute Gasteiger partial charge is 0.265 e. The Balaban J connectivity index is 3.05. The molecule has 0 rings (SSSR count).